The zero-order chi connectivity index (χ0) is 8.27. The summed E-state index contributed by atoms with van der Waals surface area (Å²) in [6.07, 6.45) is 0. The molecule has 0 spiro atoms. The molecule has 0 N–H and O–H groups in total. The monoisotopic (exact) mass is 167 g/mol. The Morgan fingerprint density at radius 1 is 1.36 bits per heavy atom. The van der Waals surface area contributed by atoms with Crippen LogP contribution in [0.1, 0.15) is 11.1 Å². The predicted molar refractivity (Wildman–Crippen MR) is 51.6 cm³/mol. The fourth-order valence-corrected chi connectivity index (χ4v) is 1.19. The molecule has 1 aromatic carbocycles. The van der Waals surface area contributed by atoms with Crippen LogP contribution in [-0.2, 0) is 6.54 Å². The minimum Gasteiger partial charge on any atom is -0.252 e. The van der Waals surface area contributed by atoms with Gasteiger partial charge in [-0.3, -0.25) is 4.31 Å². The molecular weight excluding hydrogens is 154 g/mol. The smallest absolute Gasteiger partial charge is 0.0337 e. The fraction of sp³-hybridized carbons (Fsp3) is 0.333. The van der Waals surface area contributed by atoms with Gasteiger partial charge in [-0.05, 0) is 25.1 Å². The SMILES string of the molecule is Cc1ccccc1CN(C)S. The molecule has 0 unspecified atom stereocenters. The van der Waals surface area contributed by atoms with Gasteiger partial charge in [0.15, 0.2) is 0 Å². The highest BCUT2D eigenvalue weighted by Gasteiger charge is 1.97. The molecule has 0 aliphatic heterocycles. The first-order valence-electron chi connectivity index (χ1n) is 3.64. The molecule has 2 heteroatoms. The van der Waals surface area contributed by atoms with E-state index in [0.29, 0.717) is 0 Å². The van der Waals surface area contributed by atoms with E-state index in [9.17, 15) is 0 Å². The van der Waals surface area contributed by atoms with E-state index >= 15 is 0 Å². The third-order valence-corrected chi connectivity index (χ3v) is 1.80. The lowest BCUT2D eigenvalue weighted by molar-refractivity contribution is 0.570. The van der Waals surface area contributed by atoms with Gasteiger partial charge in [0.1, 0.15) is 0 Å². The number of hydrogen-bond donors (Lipinski definition) is 1. The highest BCUT2D eigenvalue weighted by Crippen LogP contribution is 2.09. The van der Waals surface area contributed by atoms with Crippen LogP contribution in [0, 0.1) is 6.92 Å². The number of rotatable bonds is 2. The molecule has 1 rings (SSSR count). The zero-order valence-corrected chi connectivity index (χ0v) is 7.81. The van der Waals surface area contributed by atoms with Gasteiger partial charge < -0.3 is 0 Å². The molecule has 0 saturated heterocycles. The summed E-state index contributed by atoms with van der Waals surface area (Å²) in [5.41, 5.74) is 2.67. The lowest BCUT2D eigenvalue weighted by Crippen LogP contribution is -2.05. The summed E-state index contributed by atoms with van der Waals surface area (Å²) >= 11 is 4.19. The summed E-state index contributed by atoms with van der Waals surface area (Å²) in [4.78, 5) is 0. The number of nitrogens with zero attached hydrogens (tertiary/aromatic N) is 1. The molecule has 0 radical (unpaired) electrons. The molecule has 60 valence electrons. The maximum absolute atomic E-state index is 4.19. The van der Waals surface area contributed by atoms with Crippen LogP contribution >= 0.6 is 12.8 Å². The topological polar surface area (TPSA) is 3.24 Å². The van der Waals surface area contributed by atoms with Crippen LogP contribution in [0.25, 0.3) is 0 Å². The minimum atomic E-state index is 0.899. The molecule has 0 aromatic heterocycles. The van der Waals surface area contributed by atoms with Crippen molar-refractivity contribution in [3.05, 3.63) is 35.4 Å². The number of hydrogen-bond acceptors (Lipinski definition) is 2. The van der Waals surface area contributed by atoms with Crippen molar-refractivity contribution >= 4 is 12.8 Å². The quantitative estimate of drug-likeness (QED) is 0.661. The van der Waals surface area contributed by atoms with Gasteiger partial charge in [-0.25, -0.2) is 0 Å². The first kappa shape index (κ1) is 8.62. The second-order valence-electron chi connectivity index (χ2n) is 2.74. The molecule has 0 amide bonds. The Labute approximate surface area is 73.6 Å². The summed E-state index contributed by atoms with van der Waals surface area (Å²) in [7, 11) is 1.95. The van der Waals surface area contributed by atoms with Crippen LogP contribution in [0.4, 0.5) is 0 Å². The van der Waals surface area contributed by atoms with Crippen LogP contribution in [0.5, 0.6) is 0 Å². The van der Waals surface area contributed by atoms with Gasteiger partial charge in [-0.1, -0.05) is 37.1 Å². The molecule has 0 aliphatic rings. The first-order chi connectivity index (χ1) is 5.20. The third kappa shape index (κ3) is 2.56. The van der Waals surface area contributed by atoms with Crippen molar-refractivity contribution in [2.24, 2.45) is 0 Å². The van der Waals surface area contributed by atoms with Crippen molar-refractivity contribution in [2.45, 2.75) is 13.5 Å². The van der Waals surface area contributed by atoms with E-state index in [-0.39, 0.29) is 0 Å². The van der Waals surface area contributed by atoms with E-state index in [1.807, 2.05) is 11.4 Å². The molecule has 0 saturated carbocycles. The molecule has 0 aliphatic carbocycles. The summed E-state index contributed by atoms with van der Waals surface area (Å²) in [6.45, 7) is 3.02. The van der Waals surface area contributed by atoms with Gasteiger partial charge in [0.2, 0.25) is 0 Å². The van der Waals surface area contributed by atoms with Gasteiger partial charge in [0.25, 0.3) is 0 Å². The van der Waals surface area contributed by atoms with Crippen molar-refractivity contribution in [2.75, 3.05) is 7.05 Å². The predicted octanol–water partition coefficient (Wildman–Crippen LogP) is 2.27. The molecule has 0 bridgehead atoms. The van der Waals surface area contributed by atoms with Gasteiger partial charge in [-0.2, -0.15) is 0 Å². The van der Waals surface area contributed by atoms with Crippen LogP contribution in [0.3, 0.4) is 0 Å². The highest BCUT2D eigenvalue weighted by atomic mass is 32.1. The molecular formula is C9H13NS. The van der Waals surface area contributed by atoms with E-state index in [2.05, 4.69) is 44.0 Å². The Balaban J connectivity index is 2.78. The highest BCUT2D eigenvalue weighted by molar-refractivity contribution is 7.77. The van der Waals surface area contributed by atoms with Crippen molar-refractivity contribution in [3.8, 4) is 0 Å². The molecule has 0 heterocycles. The van der Waals surface area contributed by atoms with E-state index in [1.54, 1.807) is 0 Å². The van der Waals surface area contributed by atoms with Crippen molar-refractivity contribution in [1.29, 1.82) is 0 Å². The molecule has 1 aromatic rings. The van der Waals surface area contributed by atoms with Gasteiger partial charge in [-0.15, -0.1) is 0 Å². The van der Waals surface area contributed by atoms with Crippen molar-refractivity contribution < 1.29 is 0 Å². The summed E-state index contributed by atoms with van der Waals surface area (Å²) in [5, 5.41) is 0. The summed E-state index contributed by atoms with van der Waals surface area (Å²) in [5.74, 6) is 0. The fourth-order valence-electron chi connectivity index (χ4n) is 1.03. The largest absolute Gasteiger partial charge is 0.252 e. The van der Waals surface area contributed by atoms with Gasteiger partial charge in [0, 0.05) is 6.54 Å². The van der Waals surface area contributed by atoms with E-state index in [1.165, 1.54) is 11.1 Å². The summed E-state index contributed by atoms with van der Waals surface area (Å²) < 4.78 is 1.88. The van der Waals surface area contributed by atoms with Crippen molar-refractivity contribution in [1.82, 2.24) is 4.31 Å². The second kappa shape index (κ2) is 3.79. The van der Waals surface area contributed by atoms with E-state index in [4.69, 9.17) is 0 Å². The third-order valence-electron chi connectivity index (χ3n) is 1.66. The average Bonchev–Trinajstić information content (AvgIpc) is 1.93. The number of aryl methyl sites for hydroxylation is 1. The van der Waals surface area contributed by atoms with Crippen LogP contribution < -0.4 is 0 Å². The van der Waals surface area contributed by atoms with Crippen LogP contribution in [0.15, 0.2) is 24.3 Å². The molecule has 1 nitrogen and oxygen atoms in total. The second-order valence-corrected chi connectivity index (χ2v) is 3.43. The maximum Gasteiger partial charge on any atom is 0.0337 e. The number of benzene rings is 1. The van der Waals surface area contributed by atoms with Crippen LogP contribution in [0.2, 0.25) is 0 Å². The number of thiol groups is 1. The van der Waals surface area contributed by atoms with E-state index < -0.39 is 0 Å². The van der Waals surface area contributed by atoms with E-state index in [0.717, 1.165) is 6.54 Å². The lowest BCUT2D eigenvalue weighted by atomic mass is 10.1. The molecule has 0 atom stereocenters. The zero-order valence-electron chi connectivity index (χ0n) is 6.91. The minimum absolute atomic E-state index is 0.899. The van der Waals surface area contributed by atoms with Gasteiger partial charge >= 0.3 is 0 Å². The molecule has 11 heavy (non-hydrogen) atoms. The van der Waals surface area contributed by atoms with Gasteiger partial charge in [0.05, 0.1) is 0 Å². The Hall–Kier alpha value is -0.470. The normalized spacial score (nSPS) is 10.5. The summed E-state index contributed by atoms with van der Waals surface area (Å²) in [6, 6.07) is 8.35. The first-order valence-corrected chi connectivity index (χ1v) is 4.04. The van der Waals surface area contributed by atoms with Crippen molar-refractivity contribution in [3.63, 3.8) is 0 Å². The Morgan fingerprint density at radius 3 is 2.55 bits per heavy atom. The molecule has 0 fully saturated rings. The Morgan fingerprint density at radius 2 is 2.00 bits per heavy atom. The standard InChI is InChI=1S/C9H13NS/c1-8-5-3-4-6-9(8)7-10(2)11/h3-6,11H,7H2,1-2H3. The van der Waals surface area contributed by atoms with Crippen LogP contribution in [-0.4, -0.2) is 11.4 Å². The Bertz CT molecular complexity index is 233. The Kier molecular flexibility index (Phi) is 2.97. The maximum atomic E-state index is 4.19. The average molecular weight is 167 g/mol. The lowest BCUT2D eigenvalue weighted by Gasteiger charge is -2.10.